The maximum Gasteiger partial charge on any atom is 0.250 e. The van der Waals surface area contributed by atoms with Crippen molar-refractivity contribution >= 4 is 12.0 Å². The Morgan fingerprint density at radius 3 is 2.72 bits per heavy atom. The van der Waals surface area contributed by atoms with Gasteiger partial charge in [-0.2, -0.15) is 0 Å². The van der Waals surface area contributed by atoms with E-state index in [1.165, 1.54) is 5.56 Å². The molecule has 0 bridgehead atoms. The molecule has 4 heteroatoms. The summed E-state index contributed by atoms with van der Waals surface area (Å²) in [7, 11) is 2.10. The third-order valence-corrected chi connectivity index (χ3v) is 4.22. The predicted molar refractivity (Wildman–Crippen MR) is 100 cm³/mol. The smallest absolute Gasteiger partial charge is 0.250 e. The van der Waals surface area contributed by atoms with E-state index in [0.29, 0.717) is 18.7 Å². The van der Waals surface area contributed by atoms with Crippen LogP contribution in [0.1, 0.15) is 17.5 Å². The molecule has 1 N–H and O–H groups in total. The first-order valence-corrected chi connectivity index (χ1v) is 8.65. The largest absolute Gasteiger partial charge is 0.488 e. The molecule has 0 atom stereocenters. The summed E-state index contributed by atoms with van der Waals surface area (Å²) in [6.45, 7) is 2.85. The van der Waals surface area contributed by atoms with Crippen molar-refractivity contribution in [3.05, 3.63) is 71.3 Å². The standard InChI is InChI=1S/C21H24N2O2/c1-23(15-17-8-3-2-4-9-17)13-7-12-22-21(24)19-14-18-10-5-6-11-20(18)25-16-19/h2-6,8-11,14H,7,12-13,15-16H2,1H3,(H,22,24). The Hall–Kier alpha value is -2.59. The molecule has 2 aromatic rings. The van der Waals surface area contributed by atoms with Crippen LogP contribution in [0.25, 0.3) is 6.08 Å². The summed E-state index contributed by atoms with van der Waals surface area (Å²) in [6.07, 6.45) is 2.83. The summed E-state index contributed by atoms with van der Waals surface area (Å²) in [5.74, 6) is 0.793. The molecule has 0 fully saturated rings. The van der Waals surface area contributed by atoms with Gasteiger partial charge >= 0.3 is 0 Å². The van der Waals surface area contributed by atoms with E-state index in [0.717, 1.165) is 30.8 Å². The molecule has 0 unspecified atom stereocenters. The lowest BCUT2D eigenvalue weighted by atomic mass is 10.1. The van der Waals surface area contributed by atoms with Gasteiger partial charge in [0.15, 0.2) is 0 Å². The third-order valence-electron chi connectivity index (χ3n) is 4.22. The van der Waals surface area contributed by atoms with Gasteiger partial charge in [-0.05, 0) is 37.7 Å². The number of rotatable bonds is 7. The number of fused-ring (bicyclic) bond motifs is 1. The zero-order valence-electron chi connectivity index (χ0n) is 14.6. The third kappa shape index (κ3) is 4.94. The molecule has 0 spiro atoms. The van der Waals surface area contributed by atoms with Crippen molar-refractivity contribution < 1.29 is 9.53 Å². The van der Waals surface area contributed by atoms with Crippen molar-refractivity contribution in [1.29, 1.82) is 0 Å². The highest BCUT2D eigenvalue weighted by Crippen LogP contribution is 2.25. The van der Waals surface area contributed by atoms with E-state index in [1.54, 1.807) is 0 Å². The lowest BCUT2D eigenvalue weighted by Gasteiger charge is -2.18. The highest BCUT2D eigenvalue weighted by Gasteiger charge is 2.16. The van der Waals surface area contributed by atoms with Crippen LogP contribution in [0.15, 0.2) is 60.2 Å². The summed E-state index contributed by atoms with van der Waals surface area (Å²) in [6, 6.07) is 18.2. The number of para-hydroxylation sites is 1. The summed E-state index contributed by atoms with van der Waals surface area (Å²) in [4.78, 5) is 14.5. The normalized spacial score (nSPS) is 13.0. The molecule has 130 valence electrons. The second-order valence-electron chi connectivity index (χ2n) is 6.33. The Morgan fingerprint density at radius 1 is 1.12 bits per heavy atom. The van der Waals surface area contributed by atoms with E-state index in [9.17, 15) is 4.79 Å². The van der Waals surface area contributed by atoms with Crippen LogP contribution in [0.4, 0.5) is 0 Å². The number of nitrogens with zero attached hydrogens (tertiary/aromatic N) is 1. The van der Waals surface area contributed by atoms with Crippen LogP contribution in [0.5, 0.6) is 5.75 Å². The fourth-order valence-electron chi connectivity index (χ4n) is 2.89. The molecule has 1 heterocycles. The number of amides is 1. The first kappa shape index (κ1) is 17.2. The number of hydrogen-bond acceptors (Lipinski definition) is 3. The maximum atomic E-state index is 12.3. The van der Waals surface area contributed by atoms with E-state index in [2.05, 4.69) is 41.5 Å². The van der Waals surface area contributed by atoms with Crippen LogP contribution in [0.3, 0.4) is 0 Å². The Labute approximate surface area is 149 Å². The molecule has 1 aliphatic heterocycles. The monoisotopic (exact) mass is 336 g/mol. The second kappa shape index (κ2) is 8.49. The van der Waals surface area contributed by atoms with E-state index < -0.39 is 0 Å². The molecule has 0 aliphatic carbocycles. The Kier molecular flexibility index (Phi) is 5.86. The van der Waals surface area contributed by atoms with Gasteiger partial charge in [0.2, 0.25) is 0 Å². The van der Waals surface area contributed by atoms with Crippen LogP contribution in [-0.4, -0.2) is 37.6 Å². The summed E-state index contributed by atoms with van der Waals surface area (Å²) in [5.41, 5.74) is 2.94. The number of hydrogen-bond donors (Lipinski definition) is 1. The minimum atomic E-state index is -0.0415. The van der Waals surface area contributed by atoms with Gasteiger partial charge in [0.1, 0.15) is 12.4 Å². The van der Waals surface area contributed by atoms with Crippen molar-refractivity contribution in [2.45, 2.75) is 13.0 Å². The number of nitrogens with one attached hydrogen (secondary N) is 1. The zero-order valence-corrected chi connectivity index (χ0v) is 14.6. The van der Waals surface area contributed by atoms with E-state index >= 15 is 0 Å². The van der Waals surface area contributed by atoms with Gasteiger partial charge in [0, 0.05) is 18.7 Å². The summed E-state index contributed by atoms with van der Waals surface area (Å²) in [5, 5.41) is 2.99. The SMILES string of the molecule is CN(CCCNC(=O)C1=Cc2ccccc2OC1)Cc1ccccc1. The maximum absolute atomic E-state index is 12.3. The van der Waals surface area contributed by atoms with Crippen molar-refractivity contribution in [2.24, 2.45) is 0 Å². The van der Waals surface area contributed by atoms with Crippen LogP contribution in [0, 0.1) is 0 Å². The molecule has 1 aliphatic rings. The van der Waals surface area contributed by atoms with Gasteiger partial charge in [0.05, 0.1) is 5.57 Å². The molecule has 4 nitrogen and oxygen atoms in total. The fraction of sp³-hybridized carbons (Fsp3) is 0.286. The lowest BCUT2D eigenvalue weighted by molar-refractivity contribution is -0.117. The molecule has 2 aromatic carbocycles. The molecular formula is C21H24N2O2. The minimum absolute atomic E-state index is 0.0415. The average molecular weight is 336 g/mol. The second-order valence-corrected chi connectivity index (χ2v) is 6.33. The van der Waals surface area contributed by atoms with Crippen LogP contribution >= 0.6 is 0 Å². The van der Waals surface area contributed by atoms with Crippen molar-refractivity contribution in [3.8, 4) is 5.75 Å². The molecule has 0 aromatic heterocycles. The summed E-state index contributed by atoms with van der Waals surface area (Å²) >= 11 is 0. The van der Waals surface area contributed by atoms with Gasteiger partial charge in [0.25, 0.3) is 5.91 Å². The molecule has 25 heavy (non-hydrogen) atoms. The molecule has 1 amide bonds. The highest BCUT2D eigenvalue weighted by atomic mass is 16.5. The van der Waals surface area contributed by atoms with E-state index in [4.69, 9.17) is 4.74 Å². The predicted octanol–water partition coefficient (Wildman–Crippen LogP) is 3.10. The highest BCUT2D eigenvalue weighted by molar-refractivity contribution is 5.99. The fourth-order valence-corrected chi connectivity index (χ4v) is 2.89. The molecule has 3 rings (SSSR count). The Bertz CT molecular complexity index is 741. The number of carbonyl (C=O) groups is 1. The van der Waals surface area contributed by atoms with Gasteiger partial charge in [-0.1, -0.05) is 48.5 Å². The van der Waals surface area contributed by atoms with Crippen LogP contribution in [-0.2, 0) is 11.3 Å². The van der Waals surface area contributed by atoms with Gasteiger partial charge in [-0.25, -0.2) is 0 Å². The minimum Gasteiger partial charge on any atom is -0.488 e. The molecule has 0 saturated heterocycles. The van der Waals surface area contributed by atoms with Gasteiger partial charge in [-0.3, -0.25) is 4.79 Å². The average Bonchev–Trinajstić information content (AvgIpc) is 2.65. The first-order chi connectivity index (χ1) is 12.2. The van der Waals surface area contributed by atoms with Gasteiger partial charge in [-0.15, -0.1) is 0 Å². The van der Waals surface area contributed by atoms with Gasteiger partial charge < -0.3 is 15.0 Å². The quantitative estimate of drug-likeness (QED) is 0.790. The zero-order chi connectivity index (χ0) is 17.5. The number of carbonyl (C=O) groups excluding carboxylic acids is 1. The van der Waals surface area contributed by atoms with Crippen LogP contribution in [0.2, 0.25) is 0 Å². The van der Waals surface area contributed by atoms with E-state index in [-0.39, 0.29) is 5.91 Å². The molecular weight excluding hydrogens is 312 g/mol. The van der Waals surface area contributed by atoms with Crippen LogP contribution < -0.4 is 10.1 Å². The molecule has 0 saturated carbocycles. The Morgan fingerprint density at radius 2 is 1.88 bits per heavy atom. The Balaban J connectivity index is 1.41. The van der Waals surface area contributed by atoms with E-state index in [1.807, 2.05) is 36.4 Å². The lowest BCUT2D eigenvalue weighted by Crippen LogP contribution is -2.31. The number of benzene rings is 2. The van der Waals surface area contributed by atoms with Crippen molar-refractivity contribution in [2.75, 3.05) is 26.7 Å². The first-order valence-electron chi connectivity index (χ1n) is 8.65. The molecule has 0 radical (unpaired) electrons. The number of ether oxygens (including phenoxy) is 1. The van der Waals surface area contributed by atoms with Crippen molar-refractivity contribution in [3.63, 3.8) is 0 Å². The summed E-state index contributed by atoms with van der Waals surface area (Å²) < 4.78 is 5.63. The van der Waals surface area contributed by atoms with Crippen molar-refractivity contribution in [1.82, 2.24) is 10.2 Å². The topological polar surface area (TPSA) is 41.6 Å².